The van der Waals surface area contributed by atoms with Crippen molar-refractivity contribution in [2.75, 3.05) is 4.90 Å². The Labute approximate surface area is 264 Å². The molecule has 7 aromatic carbocycles. The van der Waals surface area contributed by atoms with Crippen LogP contribution in [0.2, 0.25) is 0 Å². The molecule has 0 amide bonds. The first kappa shape index (κ1) is 25.8. The summed E-state index contributed by atoms with van der Waals surface area (Å²) >= 11 is 1.85. The molecule has 0 saturated carbocycles. The van der Waals surface area contributed by atoms with Gasteiger partial charge in [-0.1, -0.05) is 91.0 Å². The number of hydrogen-bond acceptors (Lipinski definition) is 4. The van der Waals surface area contributed by atoms with Crippen molar-refractivity contribution in [1.29, 1.82) is 0 Å². The van der Waals surface area contributed by atoms with Gasteiger partial charge in [0, 0.05) is 48.2 Å². The van der Waals surface area contributed by atoms with E-state index in [9.17, 15) is 0 Å². The van der Waals surface area contributed by atoms with E-state index >= 15 is 0 Å². The zero-order valence-corrected chi connectivity index (χ0v) is 25.0. The van der Waals surface area contributed by atoms with E-state index in [4.69, 9.17) is 9.40 Å². The Hall–Kier alpha value is -5.71. The summed E-state index contributed by atoms with van der Waals surface area (Å²) < 4.78 is 8.85. The van der Waals surface area contributed by atoms with E-state index in [0.29, 0.717) is 5.89 Å². The Morgan fingerprint density at radius 2 is 1.20 bits per heavy atom. The average Bonchev–Trinajstić information content (AvgIpc) is 3.72. The van der Waals surface area contributed by atoms with Crippen molar-refractivity contribution >= 4 is 70.4 Å². The molecule has 0 unspecified atom stereocenters. The van der Waals surface area contributed by atoms with Crippen LogP contribution in [-0.2, 0) is 0 Å². The molecule has 9 aromatic rings. The minimum atomic E-state index is 0.632. The van der Waals surface area contributed by atoms with Crippen LogP contribution in [0, 0.1) is 0 Å². The highest BCUT2D eigenvalue weighted by molar-refractivity contribution is 7.25. The molecular formula is C41H26N2OS. The molecule has 4 heteroatoms. The Morgan fingerprint density at radius 1 is 0.511 bits per heavy atom. The van der Waals surface area contributed by atoms with Gasteiger partial charge in [0.05, 0.1) is 0 Å². The normalized spacial score (nSPS) is 11.6. The summed E-state index contributed by atoms with van der Waals surface area (Å²) in [7, 11) is 0. The number of para-hydroxylation sites is 1. The molecule has 45 heavy (non-hydrogen) atoms. The third-order valence-corrected chi connectivity index (χ3v) is 9.63. The largest absolute Gasteiger partial charge is 0.436 e. The number of aromatic nitrogens is 1. The van der Waals surface area contributed by atoms with E-state index in [1.54, 1.807) is 0 Å². The first-order valence-corrected chi connectivity index (χ1v) is 15.9. The fourth-order valence-electron chi connectivity index (χ4n) is 6.37. The molecule has 2 aromatic heterocycles. The SMILES string of the molecule is c1ccc(-c2nc3c(ccc4ccc(N(c5ccccc5)c5ccc(-c6cccc7sc8ccccc8c67)cc5)cc43)o2)cc1. The van der Waals surface area contributed by atoms with Gasteiger partial charge < -0.3 is 9.32 Å². The van der Waals surface area contributed by atoms with E-state index in [1.807, 2.05) is 47.7 Å². The molecule has 0 bridgehead atoms. The zero-order valence-electron chi connectivity index (χ0n) is 24.2. The van der Waals surface area contributed by atoms with Crippen molar-refractivity contribution in [1.82, 2.24) is 4.98 Å². The number of hydrogen-bond donors (Lipinski definition) is 0. The standard InChI is InChI=1S/C41H26N2OS/c1-3-10-29(11-4-1)41-42-40-35-26-32(24-20-28(35)21-25-36(40)44-41)43(30-12-5-2-6-13-30)31-22-18-27(19-23-31)33-15-9-17-38-39(33)34-14-7-8-16-37(34)45-38/h1-26H. The molecule has 0 spiro atoms. The van der Waals surface area contributed by atoms with Crippen molar-refractivity contribution in [3.8, 4) is 22.6 Å². The molecule has 0 aliphatic carbocycles. The van der Waals surface area contributed by atoms with Crippen LogP contribution in [0.5, 0.6) is 0 Å². The Balaban J connectivity index is 1.17. The predicted molar refractivity (Wildman–Crippen MR) is 190 cm³/mol. The fourth-order valence-corrected chi connectivity index (χ4v) is 7.50. The molecule has 0 aliphatic rings. The van der Waals surface area contributed by atoms with E-state index in [2.05, 4.69) is 126 Å². The molecule has 3 nitrogen and oxygen atoms in total. The fraction of sp³-hybridized carbons (Fsp3) is 0. The van der Waals surface area contributed by atoms with Gasteiger partial charge in [-0.25, -0.2) is 4.98 Å². The van der Waals surface area contributed by atoms with Crippen LogP contribution in [0.25, 0.3) is 64.6 Å². The van der Waals surface area contributed by atoms with Crippen LogP contribution in [0.1, 0.15) is 0 Å². The second kappa shape index (κ2) is 10.5. The number of fused-ring (bicyclic) bond motifs is 6. The maximum Gasteiger partial charge on any atom is 0.227 e. The highest BCUT2D eigenvalue weighted by Crippen LogP contribution is 2.42. The van der Waals surface area contributed by atoms with Crippen LogP contribution in [-0.4, -0.2) is 4.98 Å². The molecule has 2 heterocycles. The molecule has 0 fully saturated rings. The van der Waals surface area contributed by atoms with Gasteiger partial charge >= 0.3 is 0 Å². The average molecular weight is 595 g/mol. The molecule has 212 valence electrons. The summed E-state index contributed by atoms with van der Waals surface area (Å²) in [5.74, 6) is 0.632. The summed E-state index contributed by atoms with van der Waals surface area (Å²) in [6.07, 6.45) is 0. The maximum atomic E-state index is 6.21. The molecule has 0 N–H and O–H groups in total. The maximum absolute atomic E-state index is 6.21. The third-order valence-electron chi connectivity index (χ3n) is 8.49. The van der Waals surface area contributed by atoms with E-state index in [0.717, 1.165) is 44.5 Å². The van der Waals surface area contributed by atoms with Crippen LogP contribution in [0.4, 0.5) is 17.1 Å². The number of benzene rings is 7. The van der Waals surface area contributed by atoms with Crippen molar-refractivity contribution in [3.05, 3.63) is 158 Å². The second-order valence-electron chi connectivity index (χ2n) is 11.2. The molecule has 0 saturated heterocycles. The highest BCUT2D eigenvalue weighted by atomic mass is 32.1. The lowest BCUT2D eigenvalue weighted by molar-refractivity contribution is 0.620. The smallest absolute Gasteiger partial charge is 0.227 e. The van der Waals surface area contributed by atoms with Gasteiger partial charge in [-0.3, -0.25) is 0 Å². The van der Waals surface area contributed by atoms with Crippen molar-refractivity contribution in [3.63, 3.8) is 0 Å². The molecule has 0 radical (unpaired) electrons. The zero-order chi connectivity index (χ0) is 29.7. The van der Waals surface area contributed by atoms with Crippen LogP contribution in [0.3, 0.4) is 0 Å². The Kier molecular flexibility index (Phi) is 6.00. The van der Waals surface area contributed by atoms with Gasteiger partial charge in [-0.15, -0.1) is 11.3 Å². The van der Waals surface area contributed by atoms with E-state index in [1.165, 1.54) is 31.3 Å². The Morgan fingerprint density at radius 3 is 2.04 bits per heavy atom. The lowest BCUT2D eigenvalue weighted by Gasteiger charge is -2.26. The van der Waals surface area contributed by atoms with Gasteiger partial charge in [0.15, 0.2) is 5.58 Å². The number of rotatable bonds is 5. The highest BCUT2D eigenvalue weighted by Gasteiger charge is 2.17. The second-order valence-corrected chi connectivity index (χ2v) is 12.3. The summed E-state index contributed by atoms with van der Waals surface area (Å²) in [6, 6.07) is 55.6. The van der Waals surface area contributed by atoms with Crippen LogP contribution < -0.4 is 4.90 Å². The van der Waals surface area contributed by atoms with Gasteiger partial charge in [0.2, 0.25) is 5.89 Å². The molecule has 9 rings (SSSR count). The van der Waals surface area contributed by atoms with Gasteiger partial charge in [0.1, 0.15) is 5.52 Å². The molecule has 0 atom stereocenters. The lowest BCUT2D eigenvalue weighted by atomic mass is 9.99. The number of anilines is 3. The van der Waals surface area contributed by atoms with Crippen molar-refractivity contribution in [2.24, 2.45) is 0 Å². The van der Waals surface area contributed by atoms with Crippen LogP contribution in [0.15, 0.2) is 162 Å². The first-order chi connectivity index (χ1) is 22.3. The van der Waals surface area contributed by atoms with Gasteiger partial charge in [0.25, 0.3) is 0 Å². The summed E-state index contributed by atoms with van der Waals surface area (Å²) in [6.45, 7) is 0. The molecular weight excluding hydrogens is 569 g/mol. The number of nitrogens with zero attached hydrogens (tertiary/aromatic N) is 2. The minimum absolute atomic E-state index is 0.632. The van der Waals surface area contributed by atoms with Crippen LogP contribution >= 0.6 is 11.3 Å². The topological polar surface area (TPSA) is 29.3 Å². The Bertz CT molecular complexity index is 2480. The van der Waals surface area contributed by atoms with Gasteiger partial charge in [-0.05, 0) is 83.2 Å². The lowest BCUT2D eigenvalue weighted by Crippen LogP contribution is -2.09. The van der Waals surface area contributed by atoms with E-state index in [-0.39, 0.29) is 0 Å². The quantitative estimate of drug-likeness (QED) is 0.198. The third kappa shape index (κ3) is 4.38. The summed E-state index contributed by atoms with van der Waals surface area (Å²) in [5.41, 5.74) is 8.32. The van der Waals surface area contributed by atoms with Crippen molar-refractivity contribution in [2.45, 2.75) is 0 Å². The molecule has 0 aliphatic heterocycles. The summed E-state index contributed by atoms with van der Waals surface area (Å²) in [4.78, 5) is 7.27. The predicted octanol–water partition coefficient (Wildman–Crippen LogP) is 12.2. The number of oxazole rings is 1. The van der Waals surface area contributed by atoms with Crippen molar-refractivity contribution < 1.29 is 4.42 Å². The van der Waals surface area contributed by atoms with Gasteiger partial charge in [-0.2, -0.15) is 0 Å². The summed E-state index contributed by atoms with van der Waals surface area (Å²) in [5, 5.41) is 4.82. The number of thiophene rings is 1. The monoisotopic (exact) mass is 594 g/mol. The first-order valence-electron chi connectivity index (χ1n) is 15.0. The minimum Gasteiger partial charge on any atom is -0.436 e. The van der Waals surface area contributed by atoms with E-state index < -0.39 is 0 Å².